The molecule has 2 amide bonds. The van der Waals surface area contributed by atoms with Gasteiger partial charge in [0.1, 0.15) is 0 Å². The summed E-state index contributed by atoms with van der Waals surface area (Å²) in [6.45, 7) is 11.6. The van der Waals surface area contributed by atoms with E-state index >= 15 is 0 Å². The highest BCUT2D eigenvalue weighted by molar-refractivity contribution is 5.74. The summed E-state index contributed by atoms with van der Waals surface area (Å²) in [5.41, 5.74) is 0. The van der Waals surface area contributed by atoms with E-state index in [4.69, 9.17) is 9.47 Å². The SMILES string of the molecule is CCO[C@H](CCNC(=O)N1CCOC[C@H]1C)C(C)C. The fourth-order valence-corrected chi connectivity index (χ4v) is 2.27. The molecule has 1 heterocycles. The second-order valence-electron chi connectivity index (χ2n) is 5.38. The zero-order valence-corrected chi connectivity index (χ0v) is 12.6. The highest BCUT2D eigenvalue weighted by Crippen LogP contribution is 2.10. The normalized spacial score (nSPS) is 21.5. The van der Waals surface area contributed by atoms with E-state index in [0.29, 0.717) is 32.2 Å². The van der Waals surface area contributed by atoms with E-state index < -0.39 is 0 Å². The molecule has 1 aliphatic rings. The highest BCUT2D eigenvalue weighted by Gasteiger charge is 2.23. The number of urea groups is 1. The Hall–Kier alpha value is -0.810. The molecule has 5 nitrogen and oxygen atoms in total. The number of morpholine rings is 1. The van der Waals surface area contributed by atoms with E-state index in [0.717, 1.165) is 13.0 Å². The second kappa shape index (κ2) is 8.38. The molecule has 0 radical (unpaired) electrons. The van der Waals surface area contributed by atoms with Gasteiger partial charge in [-0.1, -0.05) is 13.8 Å². The fraction of sp³-hybridized carbons (Fsp3) is 0.929. The third-order valence-corrected chi connectivity index (χ3v) is 3.46. The Morgan fingerprint density at radius 3 is 2.84 bits per heavy atom. The number of carbonyl (C=O) groups excluding carboxylic acids is 1. The lowest BCUT2D eigenvalue weighted by Crippen LogP contribution is -2.51. The first-order valence-electron chi connectivity index (χ1n) is 7.30. The smallest absolute Gasteiger partial charge is 0.317 e. The van der Waals surface area contributed by atoms with Crippen molar-refractivity contribution < 1.29 is 14.3 Å². The van der Waals surface area contributed by atoms with E-state index in [9.17, 15) is 4.79 Å². The lowest BCUT2D eigenvalue weighted by molar-refractivity contribution is 0.0160. The fourth-order valence-electron chi connectivity index (χ4n) is 2.27. The van der Waals surface area contributed by atoms with Crippen molar-refractivity contribution in [2.75, 3.05) is 32.9 Å². The van der Waals surface area contributed by atoms with Crippen molar-refractivity contribution in [2.45, 2.75) is 46.3 Å². The molecule has 0 aliphatic carbocycles. The van der Waals surface area contributed by atoms with Gasteiger partial charge < -0.3 is 19.7 Å². The maximum absolute atomic E-state index is 12.0. The Labute approximate surface area is 116 Å². The van der Waals surface area contributed by atoms with Gasteiger partial charge in [-0.05, 0) is 26.2 Å². The van der Waals surface area contributed by atoms with Gasteiger partial charge in [-0.15, -0.1) is 0 Å². The first kappa shape index (κ1) is 16.2. The first-order chi connectivity index (χ1) is 9.06. The maximum Gasteiger partial charge on any atom is 0.317 e. The molecule has 0 bridgehead atoms. The van der Waals surface area contributed by atoms with E-state index in [1.54, 1.807) is 0 Å². The summed E-state index contributed by atoms with van der Waals surface area (Å²) < 4.78 is 11.0. The van der Waals surface area contributed by atoms with Crippen LogP contribution in [-0.4, -0.2) is 56.0 Å². The van der Waals surface area contributed by atoms with Crippen LogP contribution >= 0.6 is 0 Å². The molecule has 1 rings (SSSR count). The zero-order valence-electron chi connectivity index (χ0n) is 12.6. The largest absolute Gasteiger partial charge is 0.378 e. The molecule has 1 N–H and O–H groups in total. The van der Waals surface area contributed by atoms with Crippen LogP contribution in [0.25, 0.3) is 0 Å². The molecule has 19 heavy (non-hydrogen) atoms. The Balaban J connectivity index is 2.29. The monoisotopic (exact) mass is 272 g/mol. The Kier molecular flexibility index (Phi) is 7.16. The van der Waals surface area contributed by atoms with E-state index in [2.05, 4.69) is 19.2 Å². The van der Waals surface area contributed by atoms with E-state index in [-0.39, 0.29) is 18.2 Å². The third-order valence-electron chi connectivity index (χ3n) is 3.46. The average molecular weight is 272 g/mol. The van der Waals surface area contributed by atoms with Gasteiger partial charge in [-0.3, -0.25) is 0 Å². The lowest BCUT2D eigenvalue weighted by Gasteiger charge is -2.33. The molecule has 1 fully saturated rings. The van der Waals surface area contributed by atoms with E-state index in [1.807, 2.05) is 18.7 Å². The maximum atomic E-state index is 12.0. The van der Waals surface area contributed by atoms with Gasteiger partial charge in [0.2, 0.25) is 0 Å². The van der Waals surface area contributed by atoms with Crippen LogP contribution in [0.2, 0.25) is 0 Å². The summed E-state index contributed by atoms with van der Waals surface area (Å²) in [6, 6.07) is 0.163. The standard InChI is InChI=1S/C14H28N2O3/c1-5-19-13(11(2)3)6-7-15-14(17)16-8-9-18-10-12(16)4/h11-13H,5-10H2,1-4H3,(H,15,17)/t12-,13-/m1/s1. The molecular weight excluding hydrogens is 244 g/mol. The first-order valence-corrected chi connectivity index (χ1v) is 7.30. The van der Waals surface area contributed by atoms with Gasteiger partial charge in [-0.2, -0.15) is 0 Å². The highest BCUT2D eigenvalue weighted by atomic mass is 16.5. The van der Waals surface area contributed by atoms with Gasteiger partial charge in [0, 0.05) is 19.7 Å². The number of carbonyl (C=O) groups is 1. The molecule has 2 atom stereocenters. The van der Waals surface area contributed by atoms with Gasteiger partial charge in [0.15, 0.2) is 0 Å². The minimum Gasteiger partial charge on any atom is -0.378 e. The summed E-state index contributed by atoms with van der Waals surface area (Å²) in [4.78, 5) is 13.9. The van der Waals surface area contributed by atoms with Gasteiger partial charge in [0.05, 0.1) is 25.4 Å². The molecular formula is C14H28N2O3. The number of ether oxygens (including phenoxy) is 2. The van der Waals surface area contributed by atoms with Crippen molar-refractivity contribution >= 4 is 6.03 Å². The number of nitrogens with one attached hydrogen (secondary N) is 1. The Morgan fingerprint density at radius 1 is 1.53 bits per heavy atom. The Bertz CT molecular complexity index is 271. The van der Waals surface area contributed by atoms with Crippen molar-refractivity contribution in [3.63, 3.8) is 0 Å². The molecule has 0 spiro atoms. The zero-order chi connectivity index (χ0) is 14.3. The molecule has 112 valence electrons. The minimum absolute atomic E-state index is 0.00908. The van der Waals surface area contributed by atoms with Crippen LogP contribution in [0.5, 0.6) is 0 Å². The molecule has 1 aliphatic heterocycles. The average Bonchev–Trinajstić information content (AvgIpc) is 2.37. The summed E-state index contributed by atoms with van der Waals surface area (Å²) in [6.07, 6.45) is 1.07. The second-order valence-corrected chi connectivity index (χ2v) is 5.38. The predicted octanol–water partition coefficient (Wildman–Crippen LogP) is 1.87. The molecule has 0 aromatic heterocycles. The summed E-state index contributed by atoms with van der Waals surface area (Å²) in [7, 11) is 0. The number of rotatable bonds is 6. The van der Waals surface area contributed by atoms with Crippen LogP contribution in [0.3, 0.4) is 0 Å². The molecule has 0 unspecified atom stereocenters. The van der Waals surface area contributed by atoms with Crippen molar-refractivity contribution in [1.29, 1.82) is 0 Å². The van der Waals surface area contributed by atoms with Gasteiger partial charge in [-0.25, -0.2) is 4.79 Å². The van der Waals surface area contributed by atoms with Crippen LogP contribution in [-0.2, 0) is 9.47 Å². The van der Waals surface area contributed by atoms with Crippen LogP contribution in [0, 0.1) is 5.92 Å². The van der Waals surface area contributed by atoms with Crippen molar-refractivity contribution in [1.82, 2.24) is 10.2 Å². The summed E-state index contributed by atoms with van der Waals surface area (Å²) >= 11 is 0. The van der Waals surface area contributed by atoms with Crippen LogP contribution < -0.4 is 5.32 Å². The van der Waals surface area contributed by atoms with Crippen molar-refractivity contribution in [3.05, 3.63) is 0 Å². The lowest BCUT2D eigenvalue weighted by atomic mass is 10.0. The van der Waals surface area contributed by atoms with Crippen molar-refractivity contribution in [3.8, 4) is 0 Å². The number of hydrogen-bond donors (Lipinski definition) is 1. The predicted molar refractivity (Wildman–Crippen MR) is 75.3 cm³/mol. The van der Waals surface area contributed by atoms with Gasteiger partial charge >= 0.3 is 6.03 Å². The molecule has 0 aromatic carbocycles. The number of amides is 2. The van der Waals surface area contributed by atoms with Crippen molar-refractivity contribution in [2.24, 2.45) is 5.92 Å². The van der Waals surface area contributed by atoms with Crippen LogP contribution in [0.1, 0.15) is 34.1 Å². The quantitative estimate of drug-likeness (QED) is 0.803. The molecule has 1 saturated heterocycles. The Morgan fingerprint density at radius 2 is 2.26 bits per heavy atom. The topological polar surface area (TPSA) is 50.8 Å². The molecule has 0 aromatic rings. The minimum atomic E-state index is 0.00908. The van der Waals surface area contributed by atoms with Crippen LogP contribution in [0.4, 0.5) is 4.79 Å². The summed E-state index contributed by atoms with van der Waals surface area (Å²) in [5.74, 6) is 0.471. The molecule has 0 saturated carbocycles. The summed E-state index contributed by atoms with van der Waals surface area (Å²) in [5, 5.41) is 2.98. The third kappa shape index (κ3) is 5.37. The number of hydrogen-bond acceptors (Lipinski definition) is 3. The van der Waals surface area contributed by atoms with E-state index in [1.165, 1.54) is 0 Å². The molecule has 5 heteroatoms. The van der Waals surface area contributed by atoms with Gasteiger partial charge in [0.25, 0.3) is 0 Å². The number of nitrogens with zero attached hydrogens (tertiary/aromatic N) is 1. The van der Waals surface area contributed by atoms with Crippen LogP contribution in [0.15, 0.2) is 0 Å².